The van der Waals surface area contributed by atoms with E-state index >= 15 is 0 Å². The maximum atomic E-state index is 12.2. The maximum absolute atomic E-state index is 12.2. The number of aliphatic carboxylic acids is 1. The average Bonchev–Trinajstić information content (AvgIpc) is 3.04. The van der Waals surface area contributed by atoms with Gasteiger partial charge in [0.15, 0.2) is 0 Å². The molecule has 1 aliphatic rings. The highest BCUT2D eigenvalue weighted by Crippen LogP contribution is 2.22. The zero-order valence-corrected chi connectivity index (χ0v) is 13.6. The van der Waals surface area contributed by atoms with Crippen LogP contribution in [0.5, 0.6) is 0 Å². The van der Waals surface area contributed by atoms with E-state index in [-0.39, 0.29) is 17.8 Å². The first-order valence-corrected chi connectivity index (χ1v) is 8.58. The molecule has 0 spiro atoms. The molecule has 1 aromatic heterocycles. The van der Waals surface area contributed by atoms with Gasteiger partial charge in [0, 0.05) is 31.2 Å². The number of carbonyl (C=O) groups excluding carboxylic acids is 1. The van der Waals surface area contributed by atoms with Crippen LogP contribution in [0.15, 0.2) is 5.38 Å². The van der Waals surface area contributed by atoms with Crippen molar-refractivity contribution in [1.29, 1.82) is 0 Å². The van der Waals surface area contributed by atoms with Gasteiger partial charge in [-0.3, -0.25) is 4.79 Å². The van der Waals surface area contributed by atoms with Crippen molar-refractivity contribution in [2.45, 2.75) is 31.2 Å². The third-order valence-corrected chi connectivity index (χ3v) is 5.12. The smallest absolute Gasteiger partial charge is 0.326 e. The third kappa shape index (κ3) is 4.18. The Morgan fingerprint density at radius 3 is 2.95 bits per heavy atom. The van der Waals surface area contributed by atoms with Gasteiger partial charge >= 0.3 is 5.97 Å². The number of carboxylic acids is 1. The van der Waals surface area contributed by atoms with Crippen LogP contribution in [0.25, 0.3) is 0 Å². The van der Waals surface area contributed by atoms with E-state index in [1.807, 2.05) is 12.3 Å². The number of thiazole rings is 1. The molecule has 8 heteroatoms. The number of amides is 1. The summed E-state index contributed by atoms with van der Waals surface area (Å²) in [4.78, 5) is 29.1. The van der Waals surface area contributed by atoms with E-state index in [4.69, 9.17) is 4.74 Å². The first-order valence-electron chi connectivity index (χ1n) is 6.55. The number of hydrogen-bond acceptors (Lipinski definition) is 6. The quantitative estimate of drug-likeness (QED) is 0.849. The van der Waals surface area contributed by atoms with Crippen molar-refractivity contribution in [3.63, 3.8) is 0 Å². The number of methoxy groups -OCH3 is 1. The summed E-state index contributed by atoms with van der Waals surface area (Å²) in [5.74, 6) is -0.200. The molecule has 2 heterocycles. The molecule has 116 valence electrons. The second-order valence-electron chi connectivity index (χ2n) is 4.84. The molecule has 0 aromatic carbocycles. The van der Waals surface area contributed by atoms with E-state index < -0.39 is 12.0 Å². The molecule has 2 unspecified atom stereocenters. The molecule has 1 fully saturated rings. The standard InChI is InChI=1S/C13H18N2O4S2/c1-8-14-9(6-21-8)5-20-7-12(16)15-4-10(19-2)3-11(15)13(17)18/h6,10-11H,3-5,7H2,1-2H3,(H,17,18). The fourth-order valence-corrected chi connectivity index (χ4v) is 3.80. The Morgan fingerprint density at radius 1 is 1.62 bits per heavy atom. The number of ether oxygens (including phenoxy) is 1. The van der Waals surface area contributed by atoms with Gasteiger partial charge < -0.3 is 14.7 Å². The Bertz CT molecular complexity index is 520. The normalized spacial score (nSPS) is 21.7. The predicted molar refractivity (Wildman–Crippen MR) is 81.6 cm³/mol. The molecular formula is C13H18N2O4S2. The minimum atomic E-state index is -0.969. The summed E-state index contributed by atoms with van der Waals surface area (Å²) in [6.07, 6.45) is 0.161. The van der Waals surface area contributed by atoms with Crippen molar-refractivity contribution in [2.75, 3.05) is 19.4 Å². The van der Waals surface area contributed by atoms with Crippen molar-refractivity contribution in [3.05, 3.63) is 16.1 Å². The molecule has 1 aromatic rings. The maximum Gasteiger partial charge on any atom is 0.326 e. The second kappa shape index (κ2) is 7.24. The molecule has 1 N–H and O–H groups in total. The second-order valence-corrected chi connectivity index (χ2v) is 6.89. The molecule has 2 atom stereocenters. The Kier molecular flexibility index (Phi) is 5.60. The Morgan fingerprint density at radius 2 is 2.38 bits per heavy atom. The van der Waals surface area contributed by atoms with Crippen molar-refractivity contribution < 1.29 is 19.4 Å². The monoisotopic (exact) mass is 330 g/mol. The Balaban J connectivity index is 1.85. The molecule has 0 saturated carbocycles. The topological polar surface area (TPSA) is 79.7 Å². The first-order chi connectivity index (χ1) is 10.0. The number of hydrogen-bond donors (Lipinski definition) is 1. The van der Waals surface area contributed by atoms with Gasteiger partial charge in [0.05, 0.1) is 22.6 Å². The lowest BCUT2D eigenvalue weighted by Crippen LogP contribution is -2.41. The van der Waals surface area contributed by atoms with Crippen LogP contribution in [0.3, 0.4) is 0 Å². The van der Waals surface area contributed by atoms with Crippen molar-refractivity contribution in [3.8, 4) is 0 Å². The van der Waals surface area contributed by atoms with Crippen LogP contribution in [-0.4, -0.2) is 58.4 Å². The lowest BCUT2D eigenvalue weighted by Gasteiger charge is -2.20. The van der Waals surface area contributed by atoms with Crippen LogP contribution in [0, 0.1) is 6.92 Å². The summed E-state index contributed by atoms with van der Waals surface area (Å²) in [7, 11) is 1.54. The number of carbonyl (C=O) groups is 2. The summed E-state index contributed by atoms with van der Waals surface area (Å²) < 4.78 is 5.18. The largest absolute Gasteiger partial charge is 0.480 e. The number of carboxylic acid groups (broad SMARTS) is 1. The van der Waals surface area contributed by atoms with Gasteiger partial charge in [0.2, 0.25) is 5.91 Å². The van der Waals surface area contributed by atoms with Crippen LogP contribution >= 0.6 is 23.1 Å². The lowest BCUT2D eigenvalue weighted by molar-refractivity contribution is -0.147. The summed E-state index contributed by atoms with van der Waals surface area (Å²) in [5, 5.41) is 12.2. The van der Waals surface area contributed by atoms with Gasteiger partial charge in [0.1, 0.15) is 6.04 Å². The number of aryl methyl sites for hydroxylation is 1. The molecule has 0 bridgehead atoms. The van der Waals surface area contributed by atoms with Crippen molar-refractivity contribution in [2.24, 2.45) is 0 Å². The number of likely N-dealkylation sites (tertiary alicyclic amines) is 1. The molecule has 1 saturated heterocycles. The van der Waals surface area contributed by atoms with Crippen LogP contribution in [0.4, 0.5) is 0 Å². The Labute approximate surface area is 131 Å². The van der Waals surface area contributed by atoms with Crippen LogP contribution in [0.1, 0.15) is 17.1 Å². The number of aromatic nitrogens is 1. The van der Waals surface area contributed by atoms with Crippen molar-refractivity contribution in [1.82, 2.24) is 9.88 Å². The summed E-state index contributed by atoms with van der Waals surface area (Å²) >= 11 is 3.04. The third-order valence-electron chi connectivity index (χ3n) is 3.34. The van der Waals surface area contributed by atoms with Gasteiger partial charge in [0.25, 0.3) is 0 Å². The highest BCUT2D eigenvalue weighted by Gasteiger charge is 2.39. The number of rotatable bonds is 6. The van der Waals surface area contributed by atoms with E-state index in [1.165, 1.54) is 23.8 Å². The SMILES string of the molecule is COC1CC(C(=O)O)N(C(=O)CSCc2csc(C)n2)C1. The first kappa shape index (κ1) is 16.3. The van der Waals surface area contributed by atoms with Gasteiger partial charge in [-0.05, 0) is 6.92 Å². The van der Waals surface area contributed by atoms with Gasteiger partial charge in [-0.15, -0.1) is 23.1 Å². The van der Waals surface area contributed by atoms with Gasteiger partial charge in [-0.2, -0.15) is 0 Å². The Hall–Kier alpha value is -1.12. The number of nitrogens with zero attached hydrogens (tertiary/aromatic N) is 2. The summed E-state index contributed by atoms with van der Waals surface area (Å²) in [6, 6.07) is -0.774. The average molecular weight is 330 g/mol. The molecule has 6 nitrogen and oxygen atoms in total. The van der Waals surface area contributed by atoms with E-state index in [2.05, 4.69) is 4.98 Å². The minimum Gasteiger partial charge on any atom is -0.480 e. The van der Waals surface area contributed by atoms with Crippen LogP contribution in [0.2, 0.25) is 0 Å². The van der Waals surface area contributed by atoms with Gasteiger partial charge in [-0.25, -0.2) is 9.78 Å². The van der Waals surface area contributed by atoms with E-state index in [0.717, 1.165) is 10.7 Å². The molecule has 0 radical (unpaired) electrons. The molecule has 0 aliphatic carbocycles. The molecule has 2 rings (SSSR count). The lowest BCUT2D eigenvalue weighted by atomic mass is 10.2. The van der Waals surface area contributed by atoms with E-state index in [1.54, 1.807) is 11.3 Å². The molecule has 1 amide bonds. The fourth-order valence-electron chi connectivity index (χ4n) is 2.28. The van der Waals surface area contributed by atoms with Crippen LogP contribution in [-0.2, 0) is 20.1 Å². The highest BCUT2D eigenvalue weighted by molar-refractivity contribution is 7.99. The fraction of sp³-hybridized carbons (Fsp3) is 0.615. The highest BCUT2D eigenvalue weighted by atomic mass is 32.2. The molecular weight excluding hydrogens is 312 g/mol. The van der Waals surface area contributed by atoms with E-state index in [9.17, 15) is 14.7 Å². The van der Waals surface area contributed by atoms with E-state index in [0.29, 0.717) is 18.7 Å². The van der Waals surface area contributed by atoms with Crippen molar-refractivity contribution >= 4 is 35.0 Å². The molecule has 1 aliphatic heterocycles. The zero-order chi connectivity index (χ0) is 15.4. The number of thioether (sulfide) groups is 1. The zero-order valence-electron chi connectivity index (χ0n) is 11.9. The van der Waals surface area contributed by atoms with Gasteiger partial charge in [-0.1, -0.05) is 0 Å². The summed E-state index contributed by atoms with van der Waals surface area (Å²) in [6.45, 7) is 2.29. The summed E-state index contributed by atoms with van der Waals surface area (Å²) in [5.41, 5.74) is 0.960. The predicted octanol–water partition coefficient (Wildman–Crippen LogP) is 1.39. The van der Waals surface area contributed by atoms with Crippen LogP contribution < -0.4 is 0 Å². The molecule has 21 heavy (non-hydrogen) atoms. The minimum absolute atomic E-state index is 0.154.